The zero-order valence-corrected chi connectivity index (χ0v) is 32.9. The average molecular weight is 761 g/mol. The van der Waals surface area contributed by atoms with Crippen LogP contribution in [0.2, 0.25) is 0 Å². The molecule has 14 nitrogen and oxygen atoms in total. The van der Waals surface area contributed by atoms with Crippen molar-refractivity contribution in [3.05, 3.63) is 72.3 Å². The zero-order valence-electron chi connectivity index (χ0n) is 32.9. The highest BCUT2D eigenvalue weighted by Crippen LogP contribution is 2.36. The van der Waals surface area contributed by atoms with Crippen LogP contribution in [0, 0.1) is 11.8 Å². The molecule has 6 amide bonds. The molecule has 0 aliphatic carbocycles. The lowest BCUT2D eigenvalue weighted by atomic mass is 10.00. The van der Waals surface area contributed by atoms with Crippen LogP contribution in [0.4, 0.5) is 9.59 Å². The molecule has 4 atom stereocenters. The minimum Gasteiger partial charge on any atom is -0.341 e. The fourth-order valence-electron chi connectivity index (χ4n) is 8.03. The molecule has 5 aromatic rings. The van der Waals surface area contributed by atoms with Crippen molar-refractivity contribution < 1.29 is 19.2 Å². The number of hydrogen-bond donors (Lipinski definition) is 6. The topological polar surface area (TPSA) is 180 Å². The van der Waals surface area contributed by atoms with Crippen molar-refractivity contribution in [3.8, 4) is 22.3 Å². The number of likely N-dealkylation sites (tertiary alicyclic amines) is 2. The molecule has 2 aliphatic heterocycles. The number of aromatic amines is 2. The normalized spacial score (nSPS) is 18.1. The Kier molecular flexibility index (Phi) is 11.0. The Labute approximate surface area is 326 Å². The fourth-order valence-corrected chi connectivity index (χ4v) is 8.03. The van der Waals surface area contributed by atoms with Gasteiger partial charge >= 0.3 is 12.1 Å². The molecule has 2 saturated heterocycles. The number of H-pyrrole nitrogens is 2. The quantitative estimate of drug-likeness (QED) is 0.102. The first kappa shape index (κ1) is 38.4. The predicted octanol–water partition coefficient (Wildman–Crippen LogP) is 6.01. The molecular weight excluding hydrogens is 709 g/mol. The van der Waals surface area contributed by atoms with Gasteiger partial charge in [-0.05, 0) is 84.0 Å². The number of rotatable bonds is 10. The smallest absolute Gasteiger partial charge is 0.315 e. The van der Waals surface area contributed by atoms with Crippen LogP contribution in [0.3, 0.4) is 0 Å². The molecule has 0 radical (unpaired) electrons. The van der Waals surface area contributed by atoms with Gasteiger partial charge in [-0.25, -0.2) is 19.6 Å². The Bertz CT molecular complexity index is 2090. The highest BCUT2D eigenvalue weighted by Gasteiger charge is 2.39. The molecule has 2 aliphatic rings. The van der Waals surface area contributed by atoms with Gasteiger partial charge in [-0.2, -0.15) is 0 Å². The van der Waals surface area contributed by atoms with Crippen LogP contribution in [-0.4, -0.2) is 92.9 Å². The van der Waals surface area contributed by atoms with Gasteiger partial charge in [0.05, 0.1) is 34.2 Å². The van der Waals surface area contributed by atoms with Gasteiger partial charge in [0, 0.05) is 27.2 Å². The summed E-state index contributed by atoms with van der Waals surface area (Å²) in [6.45, 7) is 8.96. The molecule has 6 N–H and O–H groups in total. The molecule has 2 aromatic heterocycles. The molecule has 0 spiro atoms. The van der Waals surface area contributed by atoms with E-state index in [0.717, 1.165) is 81.7 Å². The van der Waals surface area contributed by atoms with Gasteiger partial charge in [-0.1, -0.05) is 64.1 Å². The maximum Gasteiger partial charge on any atom is 0.315 e. The van der Waals surface area contributed by atoms with Gasteiger partial charge in [-0.15, -0.1) is 0 Å². The first-order valence-electron chi connectivity index (χ1n) is 19.6. The summed E-state index contributed by atoms with van der Waals surface area (Å²) >= 11 is 0. The summed E-state index contributed by atoms with van der Waals surface area (Å²) in [6, 6.07) is 18.4. The summed E-state index contributed by atoms with van der Waals surface area (Å²) in [4.78, 5) is 72.0. The monoisotopic (exact) mass is 760 g/mol. The van der Waals surface area contributed by atoms with Crippen LogP contribution in [0.1, 0.15) is 77.1 Å². The van der Waals surface area contributed by atoms with E-state index in [4.69, 9.17) is 9.97 Å². The molecule has 4 heterocycles. The molecule has 3 aromatic carbocycles. The summed E-state index contributed by atoms with van der Waals surface area (Å²) < 4.78 is 0. The third kappa shape index (κ3) is 7.64. The number of nitrogens with one attached hydrogen (secondary N) is 6. The summed E-state index contributed by atoms with van der Waals surface area (Å²) in [5.41, 5.74) is 7.68. The van der Waals surface area contributed by atoms with Crippen LogP contribution in [-0.2, 0) is 9.59 Å². The van der Waals surface area contributed by atoms with Crippen LogP contribution in [0.5, 0.6) is 0 Å². The zero-order chi connectivity index (χ0) is 39.7. The number of aromatic nitrogens is 4. The molecule has 0 bridgehead atoms. The highest BCUT2D eigenvalue weighted by molar-refractivity contribution is 5.89. The number of urea groups is 2. The number of hydrogen-bond acceptors (Lipinski definition) is 6. The number of nitrogens with zero attached hydrogens (tertiary/aromatic N) is 4. The number of fused-ring (bicyclic) bond motifs is 2. The largest absolute Gasteiger partial charge is 0.341 e. The molecule has 0 unspecified atom stereocenters. The molecule has 56 heavy (non-hydrogen) atoms. The Morgan fingerprint density at radius 2 is 0.982 bits per heavy atom. The van der Waals surface area contributed by atoms with E-state index in [0.29, 0.717) is 13.1 Å². The van der Waals surface area contributed by atoms with E-state index in [1.807, 2.05) is 49.6 Å². The van der Waals surface area contributed by atoms with Gasteiger partial charge < -0.3 is 41.0 Å². The van der Waals surface area contributed by atoms with E-state index >= 15 is 0 Å². The van der Waals surface area contributed by atoms with Gasteiger partial charge in [0.2, 0.25) is 11.8 Å². The summed E-state index contributed by atoms with van der Waals surface area (Å²) in [6.07, 6.45) is 3.32. The third-order valence-electron chi connectivity index (χ3n) is 11.1. The van der Waals surface area contributed by atoms with E-state index in [-0.39, 0.29) is 47.8 Å². The Hall–Kier alpha value is -5.92. The van der Waals surface area contributed by atoms with E-state index in [9.17, 15) is 19.2 Å². The van der Waals surface area contributed by atoms with Crippen LogP contribution < -0.4 is 21.3 Å². The van der Waals surface area contributed by atoms with Gasteiger partial charge in [0.15, 0.2) is 0 Å². The molecule has 14 heteroatoms. The third-order valence-corrected chi connectivity index (χ3v) is 11.1. The molecule has 294 valence electrons. The van der Waals surface area contributed by atoms with E-state index < -0.39 is 12.1 Å². The molecule has 0 saturated carbocycles. The van der Waals surface area contributed by atoms with Gasteiger partial charge in [0.25, 0.3) is 0 Å². The summed E-state index contributed by atoms with van der Waals surface area (Å²) in [5, 5.41) is 10.7. The lowest BCUT2D eigenvalue weighted by Crippen LogP contribution is -2.53. The van der Waals surface area contributed by atoms with Crippen LogP contribution >= 0.6 is 0 Å². The summed E-state index contributed by atoms with van der Waals surface area (Å²) in [5.74, 6) is 1.18. The second-order valence-corrected chi connectivity index (χ2v) is 15.6. The van der Waals surface area contributed by atoms with Crippen molar-refractivity contribution in [1.82, 2.24) is 51.0 Å². The van der Waals surface area contributed by atoms with Gasteiger partial charge in [0.1, 0.15) is 23.7 Å². The maximum absolute atomic E-state index is 13.6. The molecular formula is C42H52N10O4. The first-order valence-corrected chi connectivity index (χ1v) is 19.6. The summed E-state index contributed by atoms with van der Waals surface area (Å²) in [7, 11) is 3.09. The van der Waals surface area contributed by atoms with Crippen LogP contribution in [0.15, 0.2) is 60.7 Å². The number of carbonyl (C=O) groups is 4. The Morgan fingerprint density at radius 1 is 0.607 bits per heavy atom. The number of benzene rings is 3. The van der Waals surface area contributed by atoms with E-state index in [1.165, 1.54) is 0 Å². The standard InChI is InChI=1S/C42H52N10O4/c1-23(2)35(49-41(55)43-5)39(53)51-19-7-9-33(51)37-45-29-17-15-27(21-31(29)47-37)25-11-13-26(14-12-25)28-16-18-30-32(22-28)48-38(46-30)34-10-8-20-52(34)40(54)36(24(3)4)50-42(56)44-6/h11-18,21-24,33-36H,7-10,19-20H2,1-6H3,(H,45,47)(H,46,48)(H2,43,49,55)(H2,44,50,56)/t33-,34-,35-,36-/m0/s1. The Balaban J connectivity index is 1.06. The second-order valence-electron chi connectivity index (χ2n) is 15.6. The SMILES string of the molecule is CNC(=O)N[C@H](C(=O)N1CCC[C@H]1c1nc2ccc(-c3ccc(-c4ccc5nc([C@@H]6CCCN6C(=O)[C@@H](NC(=O)NC)C(C)C)[nH]c5c4)cc3)cc2[nH]1)C(C)C. The fraction of sp³-hybridized carbons (Fsp3) is 0.429. The average Bonchev–Trinajstić information content (AvgIpc) is 4.03. The van der Waals surface area contributed by atoms with Crippen molar-refractivity contribution >= 4 is 45.9 Å². The highest BCUT2D eigenvalue weighted by atomic mass is 16.2. The number of imidazole rings is 2. The minimum atomic E-state index is -0.628. The minimum absolute atomic E-state index is 0.0667. The second kappa shape index (κ2) is 16.0. The van der Waals surface area contributed by atoms with E-state index in [1.54, 1.807) is 14.1 Å². The van der Waals surface area contributed by atoms with E-state index in [2.05, 4.69) is 79.8 Å². The number of carbonyl (C=O) groups excluding carboxylic acids is 4. The maximum atomic E-state index is 13.6. The Morgan fingerprint density at radius 3 is 1.34 bits per heavy atom. The lowest BCUT2D eigenvalue weighted by molar-refractivity contribution is -0.136. The van der Waals surface area contributed by atoms with Crippen molar-refractivity contribution in [2.24, 2.45) is 11.8 Å². The van der Waals surface area contributed by atoms with Gasteiger partial charge in [-0.3, -0.25) is 9.59 Å². The van der Waals surface area contributed by atoms with Crippen molar-refractivity contribution in [1.29, 1.82) is 0 Å². The molecule has 2 fully saturated rings. The predicted molar refractivity (Wildman–Crippen MR) is 216 cm³/mol. The van der Waals surface area contributed by atoms with Crippen molar-refractivity contribution in [2.45, 2.75) is 77.5 Å². The van der Waals surface area contributed by atoms with Crippen LogP contribution in [0.25, 0.3) is 44.3 Å². The lowest BCUT2D eigenvalue weighted by Gasteiger charge is -2.30. The molecule has 7 rings (SSSR count). The van der Waals surface area contributed by atoms with Crippen molar-refractivity contribution in [2.75, 3.05) is 27.2 Å². The van der Waals surface area contributed by atoms with Crippen molar-refractivity contribution in [3.63, 3.8) is 0 Å². The number of amides is 6. The first-order chi connectivity index (χ1) is 26.9.